The van der Waals surface area contributed by atoms with E-state index in [1.54, 1.807) is 4.90 Å². The van der Waals surface area contributed by atoms with Gasteiger partial charge in [0.2, 0.25) is 0 Å². The minimum Gasteiger partial charge on any atom is -0.508 e. The molecule has 1 aliphatic heterocycles. The molecule has 1 heterocycles. The molecule has 1 saturated heterocycles. The first-order chi connectivity index (χ1) is 9.51. The maximum absolute atomic E-state index is 12.4. The largest absolute Gasteiger partial charge is 0.508 e. The fourth-order valence-electron chi connectivity index (χ4n) is 3.01. The van der Waals surface area contributed by atoms with Gasteiger partial charge >= 0.3 is 0 Å². The van der Waals surface area contributed by atoms with E-state index in [4.69, 9.17) is 0 Å². The Balaban J connectivity index is 2.09. The lowest BCUT2D eigenvalue weighted by Gasteiger charge is -2.41. The highest BCUT2D eigenvalue weighted by atomic mass is 16.3. The molecular weight excluding hydrogens is 254 g/mol. The molecule has 4 heteroatoms. The number of rotatable bonds is 3. The summed E-state index contributed by atoms with van der Waals surface area (Å²) in [7, 11) is 0. The third kappa shape index (κ3) is 2.74. The second kappa shape index (κ2) is 5.73. The summed E-state index contributed by atoms with van der Waals surface area (Å²) in [5.41, 5.74) is 0.636. The van der Waals surface area contributed by atoms with Crippen molar-refractivity contribution in [3.63, 3.8) is 0 Å². The second-order valence-corrected chi connectivity index (χ2v) is 5.70. The van der Waals surface area contributed by atoms with Crippen LogP contribution in [0.4, 0.5) is 0 Å². The summed E-state index contributed by atoms with van der Waals surface area (Å²) in [5.74, 6) is -0.338. The summed E-state index contributed by atoms with van der Waals surface area (Å²) in [5, 5.41) is 19.1. The Morgan fingerprint density at radius 2 is 1.80 bits per heavy atom. The summed E-state index contributed by atoms with van der Waals surface area (Å²) < 4.78 is 0. The average molecular weight is 277 g/mol. The molecule has 0 radical (unpaired) electrons. The van der Waals surface area contributed by atoms with Gasteiger partial charge in [0.05, 0.1) is 5.56 Å². The molecular formula is C16H23NO3. The summed E-state index contributed by atoms with van der Waals surface area (Å²) in [6.07, 6.45) is 4.33. The number of aromatic hydroxyl groups is 2. The number of piperidine rings is 1. The SMILES string of the molecule is CCC1(CC)CCN(C(=O)c2ccc(O)cc2O)CC1. The molecule has 110 valence electrons. The van der Waals surface area contributed by atoms with Gasteiger partial charge in [-0.25, -0.2) is 0 Å². The van der Waals surface area contributed by atoms with Crippen molar-refractivity contribution < 1.29 is 15.0 Å². The van der Waals surface area contributed by atoms with Crippen molar-refractivity contribution in [2.24, 2.45) is 5.41 Å². The third-order valence-corrected chi connectivity index (χ3v) is 4.82. The molecule has 2 N–H and O–H groups in total. The van der Waals surface area contributed by atoms with Crippen LogP contribution in [-0.4, -0.2) is 34.1 Å². The van der Waals surface area contributed by atoms with E-state index in [2.05, 4.69) is 13.8 Å². The van der Waals surface area contributed by atoms with Crippen molar-refractivity contribution in [3.8, 4) is 11.5 Å². The van der Waals surface area contributed by atoms with Gasteiger partial charge in [0, 0.05) is 19.2 Å². The van der Waals surface area contributed by atoms with Gasteiger partial charge in [-0.3, -0.25) is 4.79 Å². The van der Waals surface area contributed by atoms with Crippen LogP contribution in [0.1, 0.15) is 49.9 Å². The van der Waals surface area contributed by atoms with E-state index in [1.165, 1.54) is 18.2 Å². The lowest BCUT2D eigenvalue weighted by Crippen LogP contribution is -2.42. The Hall–Kier alpha value is -1.71. The summed E-state index contributed by atoms with van der Waals surface area (Å²) in [6, 6.07) is 4.12. The first-order valence-corrected chi connectivity index (χ1v) is 7.32. The van der Waals surface area contributed by atoms with E-state index < -0.39 is 0 Å². The number of benzene rings is 1. The quantitative estimate of drug-likeness (QED) is 0.892. The van der Waals surface area contributed by atoms with Crippen LogP contribution >= 0.6 is 0 Å². The van der Waals surface area contributed by atoms with Gasteiger partial charge in [-0.2, -0.15) is 0 Å². The van der Waals surface area contributed by atoms with Crippen LogP contribution in [0.3, 0.4) is 0 Å². The highest BCUT2D eigenvalue weighted by Crippen LogP contribution is 2.38. The van der Waals surface area contributed by atoms with E-state index in [9.17, 15) is 15.0 Å². The molecule has 1 aromatic carbocycles. The van der Waals surface area contributed by atoms with E-state index in [1.807, 2.05) is 0 Å². The third-order valence-electron chi connectivity index (χ3n) is 4.82. The molecule has 2 rings (SSSR count). The molecule has 0 bridgehead atoms. The number of phenols is 2. The average Bonchev–Trinajstić information content (AvgIpc) is 2.47. The number of carbonyl (C=O) groups excluding carboxylic acids is 1. The number of phenolic OH excluding ortho intramolecular Hbond substituents is 2. The molecule has 1 fully saturated rings. The zero-order chi connectivity index (χ0) is 14.8. The Kier molecular flexibility index (Phi) is 4.21. The van der Waals surface area contributed by atoms with E-state index in [-0.39, 0.29) is 23.0 Å². The van der Waals surface area contributed by atoms with Crippen LogP contribution in [0, 0.1) is 5.41 Å². The number of hydrogen-bond acceptors (Lipinski definition) is 3. The zero-order valence-corrected chi connectivity index (χ0v) is 12.2. The zero-order valence-electron chi connectivity index (χ0n) is 12.2. The fraction of sp³-hybridized carbons (Fsp3) is 0.562. The molecule has 0 atom stereocenters. The number of amides is 1. The van der Waals surface area contributed by atoms with Crippen LogP contribution in [0.2, 0.25) is 0 Å². The van der Waals surface area contributed by atoms with Gasteiger partial charge in [-0.05, 0) is 30.4 Å². The summed E-state index contributed by atoms with van der Waals surface area (Å²) in [4.78, 5) is 14.2. The maximum atomic E-state index is 12.4. The lowest BCUT2D eigenvalue weighted by atomic mass is 9.74. The van der Waals surface area contributed by atoms with Crippen LogP contribution < -0.4 is 0 Å². The van der Waals surface area contributed by atoms with Gasteiger partial charge in [0.1, 0.15) is 11.5 Å². The number of likely N-dealkylation sites (tertiary alicyclic amines) is 1. The Labute approximate surface area is 120 Å². The molecule has 20 heavy (non-hydrogen) atoms. The van der Waals surface area contributed by atoms with Crippen molar-refractivity contribution in [2.75, 3.05) is 13.1 Å². The normalized spacial score (nSPS) is 18.0. The van der Waals surface area contributed by atoms with Gasteiger partial charge in [0.25, 0.3) is 5.91 Å². The van der Waals surface area contributed by atoms with Gasteiger partial charge in [0.15, 0.2) is 0 Å². The van der Waals surface area contributed by atoms with Crippen molar-refractivity contribution in [3.05, 3.63) is 23.8 Å². The predicted molar refractivity (Wildman–Crippen MR) is 77.9 cm³/mol. The highest BCUT2D eigenvalue weighted by Gasteiger charge is 2.33. The Morgan fingerprint density at radius 1 is 1.20 bits per heavy atom. The molecule has 1 amide bonds. The van der Waals surface area contributed by atoms with E-state index in [0.29, 0.717) is 5.41 Å². The number of hydrogen-bond donors (Lipinski definition) is 2. The molecule has 0 saturated carbocycles. The number of nitrogens with zero attached hydrogens (tertiary/aromatic N) is 1. The fourth-order valence-corrected chi connectivity index (χ4v) is 3.01. The molecule has 0 aliphatic carbocycles. The Morgan fingerprint density at radius 3 is 2.30 bits per heavy atom. The lowest BCUT2D eigenvalue weighted by molar-refractivity contribution is 0.0555. The minimum atomic E-state index is -0.155. The van der Waals surface area contributed by atoms with Crippen LogP contribution in [0.5, 0.6) is 11.5 Å². The highest BCUT2D eigenvalue weighted by molar-refractivity contribution is 5.97. The van der Waals surface area contributed by atoms with Crippen LogP contribution in [0.25, 0.3) is 0 Å². The standard InChI is InChI=1S/C16H23NO3/c1-3-16(4-2)7-9-17(10-8-16)15(20)13-6-5-12(18)11-14(13)19/h5-6,11,18-19H,3-4,7-10H2,1-2H3. The van der Waals surface area contributed by atoms with Gasteiger partial charge in [-0.15, -0.1) is 0 Å². The van der Waals surface area contributed by atoms with Crippen molar-refractivity contribution >= 4 is 5.91 Å². The first-order valence-electron chi connectivity index (χ1n) is 7.32. The molecule has 0 aromatic heterocycles. The van der Waals surface area contributed by atoms with Gasteiger partial charge < -0.3 is 15.1 Å². The first kappa shape index (κ1) is 14.7. The Bertz CT molecular complexity index is 484. The summed E-state index contributed by atoms with van der Waals surface area (Å²) in [6.45, 7) is 5.90. The molecule has 0 spiro atoms. The van der Waals surface area contributed by atoms with E-state index in [0.717, 1.165) is 38.8 Å². The molecule has 1 aliphatic rings. The predicted octanol–water partition coefficient (Wildman–Crippen LogP) is 3.14. The monoisotopic (exact) mass is 277 g/mol. The second-order valence-electron chi connectivity index (χ2n) is 5.70. The van der Waals surface area contributed by atoms with Gasteiger partial charge in [-0.1, -0.05) is 26.7 Å². The smallest absolute Gasteiger partial charge is 0.257 e. The maximum Gasteiger partial charge on any atom is 0.257 e. The van der Waals surface area contributed by atoms with Crippen molar-refractivity contribution in [1.82, 2.24) is 4.90 Å². The molecule has 1 aromatic rings. The van der Waals surface area contributed by atoms with Crippen molar-refractivity contribution in [2.45, 2.75) is 39.5 Å². The van der Waals surface area contributed by atoms with Crippen LogP contribution in [0.15, 0.2) is 18.2 Å². The van der Waals surface area contributed by atoms with Crippen LogP contribution in [-0.2, 0) is 0 Å². The summed E-state index contributed by atoms with van der Waals surface area (Å²) >= 11 is 0. The van der Waals surface area contributed by atoms with Crippen molar-refractivity contribution in [1.29, 1.82) is 0 Å². The minimum absolute atomic E-state index is 0.0336. The number of carbonyl (C=O) groups is 1. The topological polar surface area (TPSA) is 60.8 Å². The van der Waals surface area contributed by atoms with E-state index >= 15 is 0 Å². The molecule has 4 nitrogen and oxygen atoms in total. The molecule has 0 unspecified atom stereocenters.